The lowest BCUT2D eigenvalue weighted by Gasteiger charge is -2.37. The van der Waals surface area contributed by atoms with Gasteiger partial charge in [-0.05, 0) is 63.6 Å². The summed E-state index contributed by atoms with van der Waals surface area (Å²) in [4.78, 5) is 16.8. The van der Waals surface area contributed by atoms with Crippen LogP contribution in [0.4, 0.5) is 17.6 Å². The standard InChI is InChI=1S/C28H53N9O/c1-23(2)31-9-3-8-30-21-24-4-6-25(7-5-24)22-32-28-33-26(29)20-27(34-28)37-14-12-35(13-15-37)10-11-36-16-18-38-19-17-36/h20,23-25,30-31H,3-19,21-22H2,1-2H3,(H3,29,32,33,34). The fraction of sp³-hybridized carbons (Fsp3) is 0.857. The average molecular weight is 532 g/mol. The number of hydrogen-bond donors (Lipinski definition) is 4. The van der Waals surface area contributed by atoms with Crippen LogP contribution in [0.5, 0.6) is 0 Å². The molecule has 0 amide bonds. The second-order valence-corrected chi connectivity index (χ2v) is 11.7. The Hall–Kier alpha value is -1.72. The van der Waals surface area contributed by atoms with Crippen LogP contribution in [0.25, 0.3) is 0 Å². The van der Waals surface area contributed by atoms with Crippen LogP contribution in [0.2, 0.25) is 0 Å². The zero-order chi connectivity index (χ0) is 26.6. The molecule has 216 valence electrons. The van der Waals surface area contributed by atoms with E-state index in [-0.39, 0.29) is 0 Å². The molecule has 0 unspecified atom stereocenters. The van der Waals surface area contributed by atoms with E-state index in [9.17, 15) is 0 Å². The maximum absolute atomic E-state index is 6.19. The first-order valence-corrected chi connectivity index (χ1v) is 15.1. The van der Waals surface area contributed by atoms with Crippen molar-refractivity contribution in [3.63, 3.8) is 0 Å². The van der Waals surface area contributed by atoms with Crippen LogP contribution in [-0.4, -0.2) is 118 Å². The van der Waals surface area contributed by atoms with Crippen molar-refractivity contribution in [3.8, 4) is 0 Å². The number of ether oxygens (including phenoxy) is 1. The molecule has 0 aromatic carbocycles. The van der Waals surface area contributed by atoms with Crippen LogP contribution in [0.3, 0.4) is 0 Å². The van der Waals surface area contributed by atoms with Gasteiger partial charge in [-0.15, -0.1) is 0 Å². The van der Waals surface area contributed by atoms with Crippen molar-refractivity contribution in [2.24, 2.45) is 11.8 Å². The van der Waals surface area contributed by atoms with Gasteiger partial charge in [0.2, 0.25) is 5.95 Å². The highest BCUT2D eigenvalue weighted by atomic mass is 16.5. The molecule has 0 radical (unpaired) electrons. The van der Waals surface area contributed by atoms with E-state index < -0.39 is 0 Å². The second-order valence-electron chi connectivity index (χ2n) is 11.7. The van der Waals surface area contributed by atoms with E-state index in [1.54, 1.807) is 0 Å². The molecule has 3 heterocycles. The number of aromatic nitrogens is 2. The van der Waals surface area contributed by atoms with Crippen molar-refractivity contribution < 1.29 is 4.74 Å². The lowest BCUT2D eigenvalue weighted by Crippen LogP contribution is -2.49. The Morgan fingerprint density at radius 1 is 0.895 bits per heavy atom. The molecule has 38 heavy (non-hydrogen) atoms. The first kappa shape index (κ1) is 29.3. The van der Waals surface area contributed by atoms with E-state index in [0.717, 1.165) is 103 Å². The number of nitrogens with two attached hydrogens (primary N) is 1. The van der Waals surface area contributed by atoms with Gasteiger partial charge in [-0.1, -0.05) is 13.8 Å². The minimum atomic E-state index is 0.547. The molecule has 10 heteroatoms. The molecule has 3 fully saturated rings. The van der Waals surface area contributed by atoms with Gasteiger partial charge in [0.1, 0.15) is 11.6 Å². The van der Waals surface area contributed by atoms with Gasteiger partial charge in [-0.25, -0.2) is 0 Å². The first-order valence-electron chi connectivity index (χ1n) is 15.1. The SMILES string of the molecule is CC(C)NCCCNCC1CCC(CNc2nc(N)cc(N3CCN(CCN4CCOCC4)CC3)n2)CC1. The van der Waals surface area contributed by atoms with Gasteiger partial charge in [0, 0.05) is 71.0 Å². The van der Waals surface area contributed by atoms with Gasteiger partial charge in [-0.3, -0.25) is 9.80 Å². The summed E-state index contributed by atoms with van der Waals surface area (Å²) in [5.41, 5.74) is 6.19. The van der Waals surface area contributed by atoms with Crippen LogP contribution >= 0.6 is 0 Å². The molecule has 1 aromatic rings. The molecule has 0 bridgehead atoms. The highest BCUT2D eigenvalue weighted by molar-refractivity contribution is 5.51. The minimum absolute atomic E-state index is 0.547. The lowest BCUT2D eigenvalue weighted by atomic mass is 9.82. The summed E-state index contributed by atoms with van der Waals surface area (Å²) in [5, 5.41) is 10.7. The fourth-order valence-corrected chi connectivity index (χ4v) is 5.79. The molecule has 0 atom stereocenters. The number of hydrogen-bond acceptors (Lipinski definition) is 10. The summed E-state index contributed by atoms with van der Waals surface area (Å²) < 4.78 is 5.46. The highest BCUT2D eigenvalue weighted by Gasteiger charge is 2.22. The van der Waals surface area contributed by atoms with Crippen molar-refractivity contribution in [2.45, 2.75) is 52.0 Å². The van der Waals surface area contributed by atoms with Gasteiger partial charge in [0.05, 0.1) is 13.2 Å². The molecule has 2 saturated heterocycles. The Balaban J connectivity index is 1.12. The van der Waals surface area contributed by atoms with Crippen LogP contribution in [0.1, 0.15) is 46.0 Å². The molecular formula is C28H53N9O. The Morgan fingerprint density at radius 2 is 1.55 bits per heavy atom. The van der Waals surface area contributed by atoms with E-state index in [2.05, 4.69) is 49.5 Å². The number of piperazine rings is 1. The number of nitrogens with one attached hydrogen (secondary N) is 3. The zero-order valence-corrected chi connectivity index (χ0v) is 24.0. The third kappa shape index (κ3) is 10.1. The van der Waals surface area contributed by atoms with Gasteiger partial charge in [0.15, 0.2) is 0 Å². The summed E-state index contributed by atoms with van der Waals surface area (Å²) in [6, 6.07) is 2.50. The van der Waals surface area contributed by atoms with E-state index in [4.69, 9.17) is 15.5 Å². The van der Waals surface area contributed by atoms with Crippen molar-refractivity contribution >= 4 is 17.6 Å². The zero-order valence-electron chi connectivity index (χ0n) is 24.0. The molecule has 10 nitrogen and oxygen atoms in total. The van der Waals surface area contributed by atoms with E-state index in [1.807, 2.05) is 6.07 Å². The molecule has 2 aliphatic heterocycles. The molecule has 1 aliphatic carbocycles. The minimum Gasteiger partial charge on any atom is -0.383 e. The molecule has 4 rings (SSSR count). The van der Waals surface area contributed by atoms with Crippen LogP contribution < -0.4 is 26.6 Å². The van der Waals surface area contributed by atoms with Gasteiger partial charge in [-0.2, -0.15) is 9.97 Å². The molecular weight excluding hydrogens is 478 g/mol. The number of morpholine rings is 1. The molecule has 1 aromatic heterocycles. The predicted octanol–water partition coefficient (Wildman–Crippen LogP) is 1.71. The van der Waals surface area contributed by atoms with Crippen molar-refractivity contribution in [1.29, 1.82) is 0 Å². The summed E-state index contributed by atoms with van der Waals surface area (Å²) in [5.74, 6) is 3.67. The summed E-state index contributed by atoms with van der Waals surface area (Å²) in [6.07, 6.45) is 6.36. The maximum atomic E-state index is 6.19. The average Bonchev–Trinajstić information content (AvgIpc) is 2.94. The van der Waals surface area contributed by atoms with Gasteiger partial charge < -0.3 is 31.3 Å². The Bertz CT molecular complexity index is 789. The summed E-state index contributed by atoms with van der Waals surface area (Å²) >= 11 is 0. The van der Waals surface area contributed by atoms with Crippen LogP contribution in [-0.2, 0) is 4.74 Å². The predicted molar refractivity (Wildman–Crippen MR) is 157 cm³/mol. The van der Waals surface area contributed by atoms with Crippen molar-refractivity contribution in [3.05, 3.63) is 6.07 Å². The van der Waals surface area contributed by atoms with Gasteiger partial charge in [0.25, 0.3) is 0 Å². The third-order valence-corrected chi connectivity index (χ3v) is 8.30. The van der Waals surface area contributed by atoms with E-state index in [1.165, 1.54) is 32.1 Å². The topological polar surface area (TPSA) is 107 Å². The second kappa shape index (κ2) is 15.8. The van der Waals surface area contributed by atoms with Gasteiger partial charge >= 0.3 is 0 Å². The van der Waals surface area contributed by atoms with Crippen LogP contribution in [0.15, 0.2) is 6.07 Å². The molecule has 1 saturated carbocycles. The number of anilines is 3. The third-order valence-electron chi connectivity index (χ3n) is 8.30. The van der Waals surface area contributed by atoms with Crippen LogP contribution in [0, 0.1) is 11.8 Å². The highest BCUT2D eigenvalue weighted by Crippen LogP contribution is 2.28. The van der Waals surface area contributed by atoms with E-state index >= 15 is 0 Å². The number of nitrogen functional groups attached to an aromatic ring is 1. The first-order chi connectivity index (χ1) is 18.5. The normalized spacial score (nSPS) is 23.7. The molecule has 5 N–H and O–H groups in total. The largest absolute Gasteiger partial charge is 0.383 e. The molecule has 0 spiro atoms. The fourth-order valence-electron chi connectivity index (χ4n) is 5.79. The van der Waals surface area contributed by atoms with Crippen molar-refractivity contribution in [1.82, 2.24) is 30.4 Å². The Kier molecular flexibility index (Phi) is 12.1. The number of rotatable bonds is 14. The lowest BCUT2D eigenvalue weighted by molar-refractivity contribution is 0.0331. The monoisotopic (exact) mass is 531 g/mol. The smallest absolute Gasteiger partial charge is 0.226 e. The number of nitrogens with zero attached hydrogens (tertiary/aromatic N) is 5. The Morgan fingerprint density at radius 3 is 2.24 bits per heavy atom. The molecule has 3 aliphatic rings. The Labute approximate surface area is 230 Å². The summed E-state index contributed by atoms with van der Waals surface area (Å²) in [6.45, 7) is 18.9. The van der Waals surface area contributed by atoms with Crippen molar-refractivity contribution in [2.75, 3.05) is 108 Å². The maximum Gasteiger partial charge on any atom is 0.226 e. The quantitative estimate of drug-likeness (QED) is 0.265. The van der Waals surface area contributed by atoms with E-state index in [0.29, 0.717) is 23.7 Å². The summed E-state index contributed by atoms with van der Waals surface area (Å²) in [7, 11) is 0.